The Morgan fingerprint density at radius 2 is 2.07 bits per heavy atom. The van der Waals surface area contributed by atoms with E-state index >= 15 is 0 Å². The number of halogens is 2. The maximum absolute atomic E-state index is 14.1. The van der Waals surface area contributed by atoms with Crippen LogP contribution in [0, 0.1) is 11.6 Å². The van der Waals surface area contributed by atoms with Crippen molar-refractivity contribution in [3.63, 3.8) is 0 Å². The van der Waals surface area contributed by atoms with Gasteiger partial charge in [0, 0.05) is 42.0 Å². The van der Waals surface area contributed by atoms with Crippen LogP contribution in [0.3, 0.4) is 0 Å². The molecule has 2 aromatic rings. The summed E-state index contributed by atoms with van der Waals surface area (Å²) >= 11 is 0. The van der Waals surface area contributed by atoms with Gasteiger partial charge in [-0.3, -0.25) is 4.90 Å². The second-order valence-corrected chi connectivity index (χ2v) is 9.70. The van der Waals surface area contributed by atoms with Crippen molar-refractivity contribution in [2.45, 2.75) is 44.1 Å². The van der Waals surface area contributed by atoms with Crippen LogP contribution in [0.25, 0.3) is 0 Å². The molecular formula is C18H22F2N4O3S. The van der Waals surface area contributed by atoms with E-state index in [9.17, 15) is 17.2 Å². The largest absolute Gasteiger partial charge is 0.370 e. The summed E-state index contributed by atoms with van der Waals surface area (Å²) in [6, 6.07) is 2.75. The molecule has 1 fully saturated rings. The minimum absolute atomic E-state index is 0.128. The van der Waals surface area contributed by atoms with Crippen LogP contribution in [-0.2, 0) is 27.8 Å². The smallest absolute Gasteiger partial charge is 0.250 e. The molecule has 0 aliphatic carbocycles. The number of hydrogen-bond acceptors (Lipinski definition) is 6. The summed E-state index contributed by atoms with van der Waals surface area (Å²) in [5.41, 5.74) is 7.55. The summed E-state index contributed by atoms with van der Waals surface area (Å²) in [4.78, 5) is 2.13. The number of hydrogen-bond donors (Lipinski definition) is 1. The Morgan fingerprint density at radius 3 is 2.71 bits per heavy atom. The number of ether oxygens (including phenoxy) is 1. The van der Waals surface area contributed by atoms with Gasteiger partial charge in [0.25, 0.3) is 10.0 Å². The molecule has 7 nitrogen and oxygen atoms in total. The summed E-state index contributed by atoms with van der Waals surface area (Å²) in [5.74, 6) is -1.07. The highest BCUT2D eigenvalue weighted by Crippen LogP contribution is 2.39. The monoisotopic (exact) mass is 412 g/mol. The van der Waals surface area contributed by atoms with Crippen LogP contribution >= 0.6 is 0 Å². The van der Waals surface area contributed by atoms with Crippen molar-refractivity contribution in [2.24, 2.45) is 5.73 Å². The van der Waals surface area contributed by atoms with E-state index in [1.165, 1.54) is 6.20 Å². The van der Waals surface area contributed by atoms with Gasteiger partial charge in [-0.25, -0.2) is 17.2 Å². The van der Waals surface area contributed by atoms with E-state index in [1.807, 2.05) is 6.92 Å². The Balaban J connectivity index is 1.50. The lowest BCUT2D eigenvalue weighted by molar-refractivity contribution is -0.0969. The first-order valence-electron chi connectivity index (χ1n) is 8.92. The molecule has 0 radical (unpaired) electrons. The quantitative estimate of drug-likeness (QED) is 0.822. The number of nitrogens with two attached hydrogens (primary N) is 1. The zero-order valence-corrected chi connectivity index (χ0v) is 16.4. The second-order valence-electron chi connectivity index (χ2n) is 7.86. The van der Waals surface area contributed by atoms with Gasteiger partial charge in [-0.15, -0.1) is 0 Å². The molecule has 4 rings (SSSR count). The molecule has 1 aromatic carbocycles. The lowest BCUT2D eigenvalue weighted by Crippen LogP contribution is -2.56. The number of fused-ring (bicyclic) bond motifs is 1. The number of rotatable bonds is 3. The van der Waals surface area contributed by atoms with Crippen molar-refractivity contribution >= 4 is 10.0 Å². The standard InChI is InChI=1S/C18H22F2N4O3S/c1-18(23-7-11-8-24(28(2,25)26)22-16(11)9-23)6-15(21)17(27-10-18)13-5-12(19)3-4-14(13)20/h3-5,8,15,17H,6-7,9-10,21H2,1-2H3. The fourth-order valence-corrected chi connectivity index (χ4v) is 4.58. The number of nitrogens with zero attached hydrogens (tertiary/aromatic N) is 3. The molecule has 3 heterocycles. The zero-order valence-electron chi connectivity index (χ0n) is 15.6. The predicted octanol–water partition coefficient (Wildman–Crippen LogP) is 1.53. The molecule has 152 valence electrons. The van der Waals surface area contributed by atoms with Gasteiger partial charge in [0.15, 0.2) is 0 Å². The van der Waals surface area contributed by atoms with E-state index in [4.69, 9.17) is 10.5 Å². The molecule has 1 aromatic heterocycles. The average Bonchev–Trinajstić information content (AvgIpc) is 3.17. The van der Waals surface area contributed by atoms with Gasteiger partial charge in [0.05, 0.1) is 18.6 Å². The van der Waals surface area contributed by atoms with E-state index in [1.54, 1.807) is 0 Å². The van der Waals surface area contributed by atoms with Crippen LogP contribution in [-0.4, -0.2) is 46.9 Å². The normalized spacial score (nSPS) is 28.5. The molecule has 0 spiro atoms. The van der Waals surface area contributed by atoms with Crippen molar-refractivity contribution in [1.29, 1.82) is 0 Å². The van der Waals surface area contributed by atoms with Crippen molar-refractivity contribution in [1.82, 2.24) is 14.1 Å². The molecule has 0 saturated carbocycles. The maximum atomic E-state index is 14.1. The molecule has 2 aliphatic heterocycles. The van der Waals surface area contributed by atoms with Crippen LogP contribution < -0.4 is 5.73 Å². The van der Waals surface area contributed by atoms with Crippen LogP contribution in [0.5, 0.6) is 0 Å². The summed E-state index contributed by atoms with van der Waals surface area (Å²) in [7, 11) is -3.42. The third kappa shape index (κ3) is 3.34. The molecule has 3 atom stereocenters. The molecule has 2 N–H and O–H groups in total. The molecule has 1 saturated heterocycles. The van der Waals surface area contributed by atoms with Gasteiger partial charge >= 0.3 is 0 Å². The van der Waals surface area contributed by atoms with E-state index in [0.29, 0.717) is 25.2 Å². The summed E-state index contributed by atoms with van der Waals surface area (Å²) < 4.78 is 57.8. The fourth-order valence-electron chi connectivity index (χ4n) is 4.02. The molecule has 28 heavy (non-hydrogen) atoms. The van der Waals surface area contributed by atoms with E-state index in [0.717, 1.165) is 34.1 Å². The van der Waals surface area contributed by atoms with Crippen molar-refractivity contribution in [3.05, 3.63) is 52.9 Å². The summed E-state index contributed by atoms with van der Waals surface area (Å²) in [5, 5.41) is 4.16. The van der Waals surface area contributed by atoms with E-state index in [2.05, 4.69) is 10.00 Å². The Morgan fingerprint density at radius 1 is 1.32 bits per heavy atom. The molecular weight excluding hydrogens is 390 g/mol. The third-order valence-electron chi connectivity index (χ3n) is 5.56. The number of benzene rings is 1. The Kier molecular flexibility index (Phi) is 4.57. The Bertz CT molecular complexity index is 1000. The topological polar surface area (TPSA) is 90.5 Å². The fraction of sp³-hybridized carbons (Fsp3) is 0.500. The zero-order chi connectivity index (χ0) is 20.3. The maximum Gasteiger partial charge on any atom is 0.250 e. The molecule has 0 bridgehead atoms. The minimum atomic E-state index is -3.42. The third-order valence-corrected chi connectivity index (χ3v) is 6.43. The van der Waals surface area contributed by atoms with Crippen molar-refractivity contribution in [2.75, 3.05) is 12.9 Å². The predicted molar refractivity (Wildman–Crippen MR) is 97.8 cm³/mol. The van der Waals surface area contributed by atoms with E-state index < -0.39 is 39.3 Å². The van der Waals surface area contributed by atoms with Gasteiger partial charge in [0.2, 0.25) is 0 Å². The lowest BCUT2D eigenvalue weighted by atomic mass is 9.85. The summed E-state index contributed by atoms with van der Waals surface area (Å²) in [6.45, 7) is 3.29. The minimum Gasteiger partial charge on any atom is -0.370 e. The highest BCUT2D eigenvalue weighted by molar-refractivity contribution is 7.89. The van der Waals surface area contributed by atoms with Crippen LogP contribution in [0.1, 0.15) is 36.3 Å². The van der Waals surface area contributed by atoms with Crippen molar-refractivity contribution < 1.29 is 21.9 Å². The lowest BCUT2D eigenvalue weighted by Gasteiger charge is -2.46. The first-order chi connectivity index (χ1) is 13.1. The Hall–Kier alpha value is -1.88. The van der Waals surface area contributed by atoms with Gasteiger partial charge in [-0.1, -0.05) is 0 Å². The SMILES string of the molecule is CC1(N2Cc3cn(S(C)(=O)=O)nc3C2)COC(c2cc(F)ccc2F)C(N)C1. The van der Waals surface area contributed by atoms with Gasteiger partial charge < -0.3 is 10.5 Å². The van der Waals surface area contributed by atoms with Gasteiger partial charge in [-0.05, 0) is 31.5 Å². The first-order valence-corrected chi connectivity index (χ1v) is 10.8. The summed E-state index contributed by atoms with van der Waals surface area (Å²) in [6.07, 6.45) is 2.43. The van der Waals surface area contributed by atoms with Crippen LogP contribution in [0.15, 0.2) is 24.4 Å². The average molecular weight is 412 g/mol. The highest BCUT2D eigenvalue weighted by atomic mass is 32.2. The van der Waals surface area contributed by atoms with Gasteiger partial charge in [-0.2, -0.15) is 9.19 Å². The van der Waals surface area contributed by atoms with Crippen LogP contribution in [0.2, 0.25) is 0 Å². The van der Waals surface area contributed by atoms with E-state index in [-0.39, 0.29) is 12.2 Å². The Labute approximate surface area is 162 Å². The molecule has 2 aliphatic rings. The van der Waals surface area contributed by atoms with Gasteiger partial charge in [0.1, 0.15) is 17.7 Å². The number of aromatic nitrogens is 2. The molecule has 0 amide bonds. The second kappa shape index (κ2) is 6.58. The van der Waals surface area contributed by atoms with Crippen molar-refractivity contribution in [3.8, 4) is 0 Å². The first kappa shape index (κ1) is 19.4. The van der Waals surface area contributed by atoms with Crippen LogP contribution in [0.4, 0.5) is 8.78 Å². The molecule has 10 heteroatoms. The highest BCUT2D eigenvalue weighted by Gasteiger charge is 2.44. The molecule has 3 unspecified atom stereocenters.